The van der Waals surface area contributed by atoms with E-state index in [1.807, 2.05) is 69.2 Å². The first kappa shape index (κ1) is 17.0. The summed E-state index contributed by atoms with van der Waals surface area (Å²) in [6, 6.07) is 10.8. The van der Waals surface area contributed by atoms with Gasteiger partial charge in [0.15, 0.2) is 0 Å². The van der Waals surface area contributed by atoms with Crippen LogP contribution in [0, 0.1) is 0 Å². The summed E-state index contributed by atoms with van der Waals surface area (Å²) >= 11 is 0. The zero-order chi connectivity index (χ0) is 16.8. The number of nitrogens with zero attached hydrogens (tertiary/aromatic N) is 2. The van der Waals surface area contributed by atoms with Crippen molar-refractivity contribution in [3.05, 3.63) is 54.4 Å². The fraction of sp³-hybridized carbons (Fsp3) is 0.333. The van der Waals surface area contributed by atoms with Gasteiger partial charge in [0.05, 0.1) is 11.8 Å². The van der Waals surface area contributed by atoms with Crippen LogP contribution in [0.5, 0.6) is 5.75 Å². The summed E-state index contributed by atoms with van der Waals surface area (Å²) in [4.78, 5) is 18.7. The molecule has 1 amide bonds. The van der Waals surface area contributed by atoms with Gasteiger partial charge in [0.1, 0.15) is 11.8 Å². The molecule has 23 heavy (non-hydrogen) atoms. The maximum absolute atomic E-state index is 12.8. The van der Waals surface area contributed by atoms with Gasteiger partial charge >= 0.3 is 0 Å². The van der Waals surface area contributed by atoms with Crippen LogP contribution >= 0.6 is 0 Å². The van der Waals surface area contributed by atoms with Crippen LogP contribution < -0.4 is 10.1 Å². The lowest BCUT2D eigenvalue weighted by atomic mass is 10.1. The van der Waals surface area contributed by atoms with Crippen LogP contribution in [0.25, 0.3) is 0 Å². The Kier molecular flexibility index (Phi) is 5.71. The number of anilines is 1. The molecular weight excluding hydrogens is 290 g/mol. The number of rotatable bonds is 6. The second-order valence-corrected chi connectivity index (χ2v) is 5.80. The topological polar surface area (TPSA) is 54.5 Å². The normalized spacial score (nSPS) is 12.3. The molecule has 0 radical (unpaired) electrons. The zero-order valence-electron chi connectivity index (χ0n) is 14.0. The summed E-state index contributed by atoms with van der Waals surface area (Å²) in [5, 5.41) is 2.96. The Balaban J connectivity index is 2.23. The molecule has 1 aromatic carbocycles. The van der Waals surface area contributed by atoms with E-state index in [9.17, 15) is 4.79 Å². The van der Waals surface area contributed by atoms with Crippen molar-refractivity contribution in [3.8, 4) is 5.75 Å². The van der Waals surface area contributed by atoms with E-state index < -0.39 is 6.04 Å². The molecule has 1 N–H and O–H groups in total. The van der Waals surface area contributed by atoms with Crippen LogP contribution in [0.15, 0.2) is 48.8 Å². The van der Waals surface area contributed by atoms with Crippen molar-refractivity contribution >= 4 is 11.6 Å². The molecule has 122 valence electrons. The van der Waals surface area contributed by atoms with Crippen molar-refractivity contribution in [2.75, 3.05) is 19.4 Å². The van der Waals surface area contributed by atoms with E-state index in [0.29, 0.717) is 11.4 Å². The fourth-order valence-electron chi connectivity index (χ4n) is 2.35. The van der Waals surface area contributed by atoms with Crippen molar-refractivity contribution in [1.82, 2.24) is 9.88 Å². The highest BCUT2D eigenvalue weighted by Crippen LogP contribution is 2.27. The largest absolute Gasteiger partial charge is 0.489 e. The highest BCUT2D eigenvalue weighted by Gasteiger charge is 2.24. The summed E-state index contributed by atoms with van der Waals surface area (Å²) in [7, 11) is 3.74. The molecule has 2 aromatic rings. The molecule has 1 aromatic heterocycles. The molecule has 0 spiro atoms. The predicted molar refractivity (Wildman–Crippen MR) is 91.5 cm³/mol. The molecule has 0 saturated heterocycles. The molecule has 1 heterocycles. The third-order valence-electron chi connectivity index (χ3n) is 3.27. The van der Waals surface area contributed by atoms with Crippen LogP contribution in [0.4, 0.5) is 5.69 Å². The number of nitrogens with one attached hydrogen (secondary N) is 1. The number of amides is 1. The van der Waals surface area contributed by atoms with Gasteiger partial charge in [-0.15, -0.1) is 0 Å². The van der Waals surface area contributed by atoms with Crippen LogP contribution in [-0.2, 0) is 4.79 Å². The predicted octanol–water partition coefficient (Wildman–Crippen LogP) is 3.11. The van der Waals surface area contributed by atoms with E-state index in [0.717, 1.165) is 5.56 Å². The number of hydrogen-bond acceptors (Lipinski definition) is 4. The molecule has 0 aliphatic heterocycles. The van der Waals surface area contributed by atoms with Gasteiger partial charge in [-0.1, -0.05) is 18.2 Å². The number of carbonyl (C=O) groups is 1. The molecule has 0 saturated carbocycles. The number of hydrogen-bond donors (Lipinski definition) is 1. The van der Waals surface area contributed by atoms with Crippen molar-refractivity contribution in [2.45, 2.75) is 26.0 Å². The first-order chi connectivity index (χ1) is 11.0. The summed E-state index contributed by atoms with van der Waals surface area (Å²) in [5.74, 6) is 0.544. The number of carbonyl (C=O) groups excluding carboxylic acids is 1. The van der Waals surface area contributed by atoms with E-state index in [-0.39, 0.29) is 12.0 Å². The van der Waals surface area contributed by atoms with Gasteiger partial charge in [0, 0.05) is 12.4 Å². The minimum Gasteiger partial charge on any atom is -0.489 e. The number of likely N-dealkylation sites (N-methyl/N-ethyl adjacent to an activating group) is 1. The number of ether oxygens (including phenoxy) is 1. The minimum atomic E-state index is -0.421. The molecule has 5 heteroatoms. The SMILES string of the molecule is CC(C)Oc1ccccc1NC(=O)C(c1cccnc1)N(C)C. The van der Waals surface area contributed by atoms with Gasteiger partial charge in [-0.3, -0.25) is 14.7 Å². The van der Waals surface area contributed by atoms with Crippen molar-refractivity contribution in [3.63, 3.8) is 0 Å². The smallest absolute Gasteiger partial charge is 0.246 e. The number of benzene rings is 1. The zero-order valence-corrected chi connectivity index (χ0v) is 14.0. The first-order valence-corrected chi connectivity index (χ1v) is 7.62. The van der Waals surface area contributed by atoms with Gasteiger partial charge in [0.25, 0.3) is 0 Å². The Morgan fingerprint density at radius 3 is 2.52 bits per heavy atom. The van der Waals surface area contributed by atoms with Crippen LogP contribution in [0.2, 0.25) is 0 Å². The molecule has 1 atom stereocenters. The molecule has 0 bridgehead atoms. The van der Waals surface area contributed by atoms with Gasteiger partial charge in [0.2, 0.25) is 5.91 Å². The van der Waals surface area contributed by atoms with Gasteiger partial charge < -0.3 is 10.1 Å². The summed E-state index contributed by atoms with van der Waals surface area (Å²) < 4.78 is 5.75. The van der Waals surface area contributed by atoms with Crippen LogP contribution in [0.1, 0.15) is 25.5 Å². The Hall–Kier alpha value is -2.40. The van der Waals surface area contributed by atoms with Crippen LogP contribution in [-0.4, -0.2) is 36.0 Å². The van der Waals surface area contributed by atoms with E-state index in [4.69, 9.17) is 4.74 Å². The number of para-hydroxylation sites is 2. The lowest BCUT2D eigenvalue weighted by Gasteiger charge is -2.24. The lowest BCUT2D eigenvalue weighted by molar-refractivity contribution is -0.120. The Labute approximate surface area is 137 Å². The highest BCUT2D eigenvalue weighted by molar-refractivity contribution is 5.96. The maximum atomic E-state index is 12.8. The van der Waals surface area contributed by atoms with Gasteiger partial charge in [-0.05, 0) is 51.7 Å². The molecule has 0 aliphatic rings. The Morgan fingerprint density at radius 2 is 1.91 bits per heavy atom. The summed E-state index contributed by atoms with van der Waals surface area (Å²) in [6.07, 6.45) is 3.44. The summed E-state index contributed by atoms with van der Waals surface area (Å²) in [5.41, 5.74) is 1.51. The molecule has 2 rings (SSSR count). The molecule has 0 aliphatic carbocycles. The van der Waals surface area contributed by atoms with Crippen molar-refractivity contribution < 1.29 is 9.53 Å². The third kappa shape index (κ3) is 4.53. The number of aromatic nitrogens is 1. The third-order valence-corrected chi connectivity index (χ3v) is 3.27. The van der Waals surface area contributed by atoms with Crippen molar-refractivity contribution in [1.29, 1.82) is 0 Å². The van der Waals surface area contributed by atoms with E-state index >= 15 is 0 Å². The van der Waals surface area contributed by atoms with Crippen LogP contribution in [0.3, 0.4) is 0 Å². The van der Waals surface area contributed by atoms with E-state index in [2.05, 4.69) is 10.3 Å². The Morgan fingerprint density at radius 1 is 1.17 bits per heavy atom. The molecule has 5 nitrogen and oxygen atoms in total. The molecule has 1 unspecified atom stereocenters. The maximum Gasteiger partial charge on any atom is 0.246 e. The van der Waals surface area contributed by atoms with Gasteiger partial charge in [-0.25, -0.2) is 0 Å². The molecule has 0 fully saturated rings. The van der Waals surface area contributed by atoms with E-state index in [1.165, 1.54) is 0 Å². The molecular formula is C18H23N3O2. The second kappa shape index (κ2) is 7.74. The average molecular weight is 313 g/mol. The second-order valence-electron chi connectivity index (χ2n) is 5.80. The highest BCUT2D eigenvalue weighted by atomic mass is 16.5. The standard InChI is InChI=1S/C18H23N3O2/c1-13(2)23-16-10-6-5-9-15(16)20-18(22)17(21(3)4)14-8-7-11-19-12-14/h5-13,17H,1-4H3,(H,20,22). The lowest BCUT2D eigenvalue weighted by Crippen LogP contribution is -2.32. The average Bonchev–Trinajstić information content (AvgIpc) is 2.49. The fourth-order valence-corrected chi connectivity index (χ4v) is 2.35. The minimum absolute atomic E-state index is 0.0380. The van der Waals surface area contributed by atoms with Crippen molar-refractivity contribution in [2.24, 2.45) is 0 Å². The number of pyridine rings is 1. The Bertz CT molecular complexity index is 642. The van der Waals surface area contributed by atoms with Gasteiger partial charge in [-0.2, -0.15) is 0 Å². The quantitative estimate of drug-likeness (QED) is 0.890. The monoisotopic (exact) mass is 313 g/mol. The first-order valence-electron chi connectivity index (χ1n) is 7.62. The summed E-state index contributed by atoms with van der Waals surface area (Å²) in [6.45, 7) is 3.91. The van der Waals surface area contributed by atoms with E-state index in [1.54, 1.807) is 12.4 Å².